The highest BCUT2D eigenvalue weighted by Gasteiger charge is 2.15. The number of benzene rings is 1. The van der Waals surface area contributed by atoms with Crippen LogP contribution >= 0.6 is 0 Å². The van der Waals surface area contributed by atoms with Gasteiger partial charge in [-0.3, -0.25) is 4.79 Å². The molecule has 23 heavy (non-hydrogen) atoms. The molecule has 0 amide bonds. The molecule has 3 rings (SSSR count). The van der Waals surface area contributed by atoms with E-state index in [9.17, 15) is 14.8 Å². The molecule has 0 bridgehead atoms. The van der Waals surface area contributed by atoms with Crippen molar-refractivity contribution < 1.29 is 10.0 Å². The van der Waals surface area contributed by atoms with Crippen LogP contribution < -0.4 is 11.0 Å². The van der Waals surface area contributed by atoms with E-state index in [1.807, 2.05) is 24.3 Å². The van der Waals surface area contributed by atoms with Crippen molar-refractivity contribution in [1.82, 2.24) is 9.55 Å². The molecule has 6 heteroatoms. The van der Waals surface area contributed by atoms with Crippen LogP contribution in [0, 0.1) is 0 Å². The lowest BCUT2D eigenvalue weighted by Crippen LogP contribution is -2.29. The molecule has 0 saturated carbocycles. The molecule has 0 fully saturated rings. The van der Waals surface area contributed by atoms with Gasteiger partial charge >= 0.3 is 7.12 Å². The number of fused-ring (bicyclic) bond motifs is 1. The van der Waals surface area contributed by atoms with E-state index < -0.39 is 7.12 Å². The van der Waals surface area contributed by atoms with Crippen molar-refractivity contribution in [1.29, 1.82) is 0 Å². The minimum atomic E-state index is -1.46. The Morgan fingerprint density at radius 2 is 1.87 bits per heavy atom. The summed E-state index contributed by atoms with van der Waals surface area (Å²) >= 11 is 0. The fourth-order valence-corrected chi connectivity index (χ4v) is 2.85. The molecule has 0 spiro atoms. The van der Waals surface area contributed by atoms with E-state index >= 15 is 0 Å². The molecular weight excluding hydrogens is 291 g/mol. The summed E-state index contributed by atoms with van der Waals surface area (Å²) in [6, 6.07) is 11.0. The van der Waals surface area contributed by atoms with Crippen molar-refractivity contribution in [3.63, 3.8) is 0 Å². The molecular formula is C17H19BN2O3. The van der Waals surface area contributed by atoms with Gasteiger partial charge in [-0.25, -0.2) is 0 Å². The minimum absolute atomic E-state index is 0.0816. The highest BCUT2D eigenvalue weighted by atomic mass is 16.4. The Labute approximate surface area is 134 Å². The van der Waals surface area contributed by atoms with E-state index in [0.717, 1.165) is 16.8 Å². The number of aromatic amines is 1. The molecule has 5 nitrogen and oxygen atoms in total. The third-order valence-electron chi connectivity index (χ3n) is 4.08. The number of nitrogens with one attached hydrogen (secondary N) is 1. The zero-order chi connectivity index (χ0) is 16.6. The van der Waals surface area contributed by atoms with Gasteiger partial charge in [-0.15, -0.1) is 0 Å². The van der Waals surface area contributed by atoms with Crippen LogP contribution in [0.5, 0.6) is 0 Å². The molecule has 0 unspecified atom stereocenters. The molecule has 0 saturated heterocycles. The van der Waals surface area contributed by atoms with Crippen molar-refractivity contribution >= 4 is 23.5 Å². The largest absolute Gasteiger partial charge is 0.488 e. The van der Waals surface area contributed by atoms with Gasteiger partial charge in [-0.1, -0.05) is 38.1 Å². The zero-order valence-electron chi connectivity index (χ0n) is 13.2. The Morgan fingerprint density at radius 3 is 2.48 bits per heavy atom. The summed E-state index contributed by atoms with van der Waals surface area (Å²) in [5.74, 6) is 0.292. The van der Waals surface area contributed by atoms with E-state index in [1.165, 1.54) is 0 Å². The summed E-state index contributed by atoms with van der Waals surface area (Å²) in [6.45, 7) is 4.83. The average Bonchev–Trinajstić information content (AvgIpc) is 2.88. The fraction of sp³-hybridized carbons (Fsp3) is 0.235. The van der Waals surface area contributed by atoms with Crippen LogP contribution in [0.3, 0.4) is 0 Å². The van der Waals surface area contributed by atoms with Crippen LogP contribution in [-0.2, 0) is 6.54 Å². The van der Waals surface area contributed by atoms with Crippen LogP contribution in [0.15, 0.2) is 47.4 Å². The molecule has 2 heterocycles. The number of H-pyrrole nitrogens is 1. The van der Waals surface area contributed by atoms with Crippen LogP contribution in [-0.4, -0.2) is 26.7 Å². The smallest absolute Gasteiger partial charge is 0.423 e. The Morgan fingerprint density at radius 1 is 1.17 bits per heavy atom. The van der Waals surface area contributed by atoms with E-state index in [0.29, 0.717) is 23.3 Å². The molecule has 3 N–H and O–H groups in total. The number of hydrogen-bond donors (Lipinski definition) is 3. The van der Waals surface area contributed by atoms with Gasteiger partial charge in [-0.2, -0.15) is 0 Å². The van der Waals surface area contributed by atoms with Crippen molar-refractivity contribution in [2.75, 3.05) is 0 Å². The van der Waals surface area contributed by atoms with Gasteiger partial charge < -0.3 is 19.6 Å². The van der Waals surface area contributed by atoms with Crippen LogP contribution in [0.1, 0.15) is 31.0 Å². The van der Waals surface area contributed by atoms with E-state index in [2.05, 4.69) is 23.4 Å². The highest BCUT2D eigenvalue weighted by Crippen LogP contribution is 2.24. The second-order valence-electron chi connectivity index (χ2n) is 6.03. The first-order valence-electron chi connectivity index (χ1n) is 7.63. The molecule has 0 aliphatic heterocycles. The first kappa shape index (κ1) is 15.6. The summed E-state index contributed by atoms with van der Waals surface area (Å²) < 4.78 is 2.14. The second kappa shape index (κ2) is 6.06. The van der Waals surface area contributed by atoms with Crippen LogP contribution in [0.25, 0.3) is 10.9 Å². The van der Waals surface area contributed by atoms with Gasteiger partial charge in [0.15, 0.2) is 0 Å². The van der Waals surface area contributed by atoms with E-state index in [-0.39, 0.29) is 5.56 Å². The van der Waals surface area contributed by atoms with Crippen molar-refractivity contribution in [2.24, 2.45) is 0 Å². The number of hydrogen-bond acceptors (Lipinski definition) is 3. The van der Waals surface area contributed by atoms with Gasteiger partial charge in [0, 0.05) is 18.4 Å². The van der Waals surface area contributed by atoms with Crippen molar-refractivity contribution in [3.8, 4) is 0 Å². The number of pyridine rings is 1. The van der Waals surface area contributed by atoms with Crippen LogP contribution in [0.2, 0.25) is 0 Å². The Bertz CT molecular complexity index is 879. The maximum Gasteiger partial charge on any atom is 0.488 e. The lowest BCUT2D eigenvalue weighted by Gasteiger charge is -2.13. The SMILES string of the molecule is CC(C)c1cc2c(=O)[nH]ccc2n1Cc1ccc(B(O)O)cc1. The van der Waals surface area contributed by atoms with E-state index in [4.69, 9.17) is 0 Å². The maximum atomic E-state index is 12.0. The quantitative estimate of drug-likeness (QED) is 0.633. The Hall–Kier alpha value is -2.31. The van der Waals surface area contributed by atoms with Crippen LogP contribution in [0.4, 0.5) is 0 Å². The van der Waals surface area contributed by atoms with Gasteiger partial charge in [0.1, 0.15) is 0 Å². The molecule has 0 aliphatic rings. The fourth-order valence-electron chi connectivity index (χ4n) is 2.85. The van der Waals surface area contributed by atoms with Gasteiger partial charge in [0.2, 0.25) is 0 Å². The summed E-state index contributed by atoms with van der Waals surface area (Å²) in [5.41, 5.74) is 3.43. The summed E-state index contributed by atoms with van der Waals surface area (Å²) in [5, 5.41) is 19.0. The van der Waals surface area contributed by atoms with Crippen molar-refractivity contribution in [2.45, 2.75) is 26.3 Å². The summed E-state index contributed by atoms with van der Waals surface area (Å²) in [7, 11) is -1.46. The Kier molecular flexibility index (Phi) is 4.11. The molecule has 118 valence electrons. The third kappa shape index (κ3) is 2.95. The average molecular weight is 310 g/mol. The normalized spacial score (nSPS) is 11.3. The standard InChI is InChI=1S/C17H19BN2O3/c1-11(2)16-9-14-15(7-8-19-17(14)21)20(16)10-12-3-5-13(6-4-12)18(22)23/h3-9,11,22-23H,10H2,1-2H3,(H,19,21). The van der Waals surface area contributed by atoms with Crippen molar-refractivity contribution in [3.05, 3.63) is 64.2 Å². The first-order chi connectivity index (χ1) is 11.0. The van der Waals surface area contributed by atoms with Gasteiger partial charge in [-0.05, 0) is 29.1 Å². The molecule has 2 aromatic heterocycles. The van der Waals surface area contributed by atoms with Gasteiger partial charge in [0.25, 0.3) is 5.56 Å². The number of nitrogens with zero attached hydrogens (tertiary/aromatic N) is 1. The lowest BCUT2D eigenvalue weighted by atomic mass is 9.80. The second-order valence-corrected chi connectivity index (χ2v) is 6.03. The number of rotatable bonds is 4. The van der Waals surface area contributed by atoms with Gasteiger partial charge in [0.05, 0.1) is 10.9 Å². The molecule has 0 radical (unpaired) electrons. The van der Waals surface area contributed by atoms with E-state index in [1.54, 1.807) is 18.3 Å². The Balaban J connectivity index is 2.06. The maximum absolute atomic E-state index is 12.0. The topological polar surface area (TPSA) is 78.2 Å². The molecule has 0 atom stereocenters. The molecule has 0 aliphatic carbocycles. The predicted molar refractivity (Wildman–Crippen MR) is 92.0 cm³/mol. The monoisotopic (exact) mass is 310 g/mol. The summed E-state index contributed by atoms with van der Waals surface area (Å²) in [4.78, 5) is 14.7. The molecule has 1 aromatic carbocycles. The predicted octanol–water partition coefficient (Wildman–Crippen LogP) is 1.18. The molecule has 3 aromatic rings. The zero-order valence-corrected chi connectivity index (χ0v) is 13.2. The minimum Gasteiger partial charge on any atom is -0.423 e. The summed E-state index contributed by atoms with van der Waals surface area (Å²) in [6.07, 6.45) is 1.66. The number of aromatic nitrogens is 2. The third-order valence-corrected chi connectivity index (χ3v) is 4.08. The first-order valence-corrected chi connectivity index (χ1v) is 7.63. The highest BCUT2D eigenvalue weighted by molar-refractivity contribution is 6.58. The lowest BCUT2D eigenvalue weighted by molar-refractivity contribution is 0.426.